The third kappa shape index (κ3) is 3.36. The third-order valence-corrected chi connectivity index (χ3v) is 3.49. The second kappa shape index (κ2) is 6.21. The average molecular weight is 325 g/mol. The van der Waals surface area contributed by atoms with E-state index in [9.17, 15) is 4.79 Å². The second-order valence-corrected chi connectivity index (χ2v) is 5.42. The normalized spacial score (nSPS) is 14.4. The summed E-state index contributed by atoms with van der Waals surface area (Å²) in [6.07, 6.45) is 3.02. The minimum Gasteiger partial charge on any atom is -0.493 e. The Balaban J connectivity index is 2.04. The smallest absolute Gasteiger partial charge is 0.237 e. The molecule has 0 aliphatic carbocycles. The quantitative estimate of drug-likeness (QED) is 0.813. The first-order valence-corrected chi connectivity index (χ1v) is 6.99. The first kappa shape index (κ1) is 14.1. The Morgan fingerprint density at radius 3 is 3.16 bits per heavy atom. The summed E-state index contributed by atoms with van der Waals surface area (Å²) in [4.78, 5) is 11.8. The standard InChI is InChI=1S/C14H17BrN2O2/c1-2-3-12(16)14(18)17-8-10-7-11(15)6-9-4-5-19-13(9)10/h2,6-7,12H,1,3-5,8,16H2,(H,17,18). The molecular weight excluding hydrogens is 308 g/mol. The molecule has 1 amide bonds. The van der Waals surface area contributed by atoms with Gasteiger partial charge in [-0.1, -0.05) is 22.0 Å². The molecule has 1 atom stereocenters. The van der Waals surface area contributed by atoms with Gasteiger partial charge < -0.3 is 15.8 Å². The van der Waals surface area contributed by atoms with Crippen molar-refractivity contribution < 1.29 is 9.53 Å². The van der Waals surface area contributed by atoms with Gasteiger partial charge in [-0.05, 0) is 24.1 Å². The van der Waals surface area contributed by atoms with Crippen LogP contribution in [-0.2, 0) is 17.8 Å². The first-order valence-electron chi connectivity index (χ1n) is 6.20. The predicted octanol–water partition coefficient (Wildman–Crippen LogP) is 1.90. The predicted molar refractivity (Wildman–Crippen MR) is 78.0 cm³/mol. The molecule has 0 saturated carbocycles. The number of nitrogens with two attached hydrogens (primary N) is 1. The van der Waals surface area contributed by atoms with E-state index in [2.05, 4.69) is 33.9 Å². The maximum atomic E-state index is 11.8. The van der Waals surface area contributed by atoms with E-state index in [1.807, 2.05) is 6.07 Å². The van der Waals surface area contributed by atoms with Crippen LogP contribution < -0.4 is 15.8 Å². The highest BCUT2D eigenvalue weighted by Crippen LogP contribution is 2.32. The molecule has 0 aromatic heterocycles. The lowest BCUT2D eigenvalue weighted by Crippen LogP contribution is -2.39. The van der Waals surface area contributed by atoms with Crippen LogP contribution in [0.2, 0.25) is 0 Å². The van der Waals surface area contributed by atoms with Crippen LogP contribution in [0.25, 0.3) is 0 Å². The zero-order chi connectivity index (χ0) is 13.8. The van der Waals surface area contributed by atoms with Crippen LogP contribution in [0.15, 0.2) is 29.3 Å². The van der Waals surface area contributed by atoms with E-state index in [1.54, 1.807) is 6.08 Å². The van der Waals surface area contributed by atoms with E-state index in [1.165, 1.54) is 5.56 Å². The Kier molecular flexibility index (Phi) is 4.61. The molecule has 1 aromatic carbocycles. The number of hydrogen-bond acceptors (Lipinski definition) is 3. The number of carbonyl (C=O) groups is 1. The third-order valence-electron chi connectivity index (χ3n) is 3.04. The van der Waals surface area contributed by atoms with Crippen LogP contribution in [0.1, 0.15) is 17.5 Å². The molecule has 0 bridgehead atoms. The van der Waals surface area contributed by atoms with Gasteiger partial charge in [0.25, 0.3) is 0 Å². The fraction of sp³-hybridized carbons (Fsp3) is 0.357. The van der Waals surface area contributed by atoms with Gasteiger partial charge in [0.15, 0.2) is 0 Å². The summed E-state index contributed by atoms with van der Waals surface area (Å²) in [7, 11) is 0. The summed E-state index contributed by atoms with van der Waals surface area (Å²) in [5.74, 6) is 0.715. The van der Waals surface area contributed by atoms with Crippen molar-refractivity contribution in [2.24, 2.45) is 5.73 Å². The van der Waals surface area contributed by atoms with Gasteiger partial charge in [-0.25, -0.2) is 0 Å². The number of amides is 1. The van der Waals surface area contributed by atoms with Crippen LogP contribution in [0.3, 0.4) is 0 Å². The van der Waals surface area contributed by atoms with Crippen molar-refractivity contribution in [1.82, 2.24) is 5.32 Å². The number of carbonyl (C=O) groups excluding carboxylic acids is 1. The van der Waals surface area contributed by atoms with Crippen molar-refractivity contribution in [2.75, 3.05) is 6.61 Å². The molecule has 0 fully saturated rings. The van der Waals surface area contributed by atoms with Crippen LogP contribution in [-0.4, -0.2) is 18.6 Å². The lowest BCUT2D eigenvalue weighted by atomic mass is 10.1. The van der Waals surface area contributed by atoms with Crippen molar-refractivity contribution in [3.8, 4) is 5.75 Å². The molecule has 1 heterocycles. The number of hydrogen-bond donors (Lipinski definition) is 2. The summed E-state index contributed by atoms with van der Waals surface area (Å²) < 4.78 is 6.60. The van der Waals surface area contributed by atoms with Gasteiger partial charge in [0.2, 0.25) is 5.91 Å². The molecular formula is C14H17BrN2O2. The Morgan fingerprint density at radius 2 is 2.42 bits per heavy atom. The van der Waals surface area contributed by atoms with Crippen molar-refractivity contribution >= 4 is 21.8 Å². The van der Waals surface area contributed by atoms with Gasteiger partial charge in [-0.3, -0.25) is 4.79 Å². The SMILES string of the molecule is C=CCC(N)C(=O)NCc1cc(Br)cc2c1OCC2. The first-order chi connectivity index (χ1) is 9.11. The molecule has 102 valence electrons. The fourth-order valence-electron chi connectivity index (χ4n) is 2.08. The number of ether oxygens (including phenoxy) is 1. The molecule has 1 aliphatic rings. The zero-order valence-corrected chi connectivity index (χ0v) is 12.2. The molecule has 19 heavy (non-hydrogen) atoms. The Morgan fingerprint density at radius 1 is 1.63 bits per heavy atom. The molecule has 1 unspecified atom stereocenters. The molecule has 0 spiro atoms. The van der Waals surface area contributed by atoms with Crippen LogP contribution in [0.4, 0.5) is 0 Å². The summed E-state index contributed by atoms with van der Waals surface area (Å²) in [5.41, 5.74) is 7.86. The van der Waals surface area contributed by atoms with Gasteiger partial charge >= 0.3 is 0 Å². The highest BCUT2D eigenvalue weighted by Gasteiger charge is 2.18. The second-order valence-electron chi connectivity index (χ2n) is 4.50. The fourth-order valence-corrected chi connectivity index (χ4v) is 2.63. The number of nitrogens with one attached hydrogen (secondary N) is 1. The minimum atomic E-state index is -0.543. The van der Waals surface area contributed by atoms with Crippen molar-refractivity contribution in [3.05, 3.63) is 40.4 Å². The summed E-state index contributed by atoms with van der Waals surface area (Å²) in [6.45, 7) is 4.69. The van der Waals surface area contributed by atoms with Crippen LogP contribution in [0.5, 0.6) is 5.75 Å². The highest BCUT2D eigenvalue weighted by molar-refractivity contribution is 9.10. The molecule has 2 rings (SSSR count). The van der Waals surface area contributed by atoms with E-state index in [-0.39, 0.29) is 5.91 Å². The molecule has 4 nitrogen and oxygen atoms in total. The van der Waals surface area contributed by atoms with Crippen molar-refractivity contribution in [1.29, 1.82) is 0 Å². The van der Waals surface area contributed by atoms with E-state index in [0.717, 1.165) is 22.2 Å². The zero-order valence-electron chi connectivity index (χ0n) is 10.6. The molecule has 0 radical (unpaired) electrons. The Hall–Kier alpha value is -1.33. The monoisotopic (exact) mass is 324 g/mol. The maximum absolute atomic E-state index is 11.8. The molecule has 1 aliphatic heterocycles. The topological polar surface area (TPSA) is 64.4 Å². The Bertz CT molecular complexity index is 502. The Labute approximate surface area is 121 Å². The number of fused-ring (bicyclic) bond motifs is 1. The van der Waals surface area contributed by atoms with E-state index >= 15 is 0 Å². The molecule has 0 saturated heterocycles. The lowest BCUT2D eigenvalue weighted by molar-refractivity contribution is -0.122. The lowest BCUT2D eigenvalue weighted by Gasteiger charge is -2.13. The molecule has 1 aromatic rings. The summed E-state index contributed by atoms with van der Waals surface area (Å²) in [5, 5.41) is 2.83. The van der Waals surface area contributed by atoms with Gasteiger partial charge in [0.05, 0.1) is 12.6 Å². The van der Waals surface area contributed by atoms with Gasteiger partial charge in [0, 0.05) is 23.0 Å². The number of halogens is 1. The van der Waals surface area contributed by atoms with Gasteiger partial charge in [0.1, 0.15) is 5.75 Å². The maximum Gasteiger partial charge on any atom is 0.237 e. The van der Waals surface area contributed by atoms with Crippen LogP contribution in [0, 0.1) is 0 Å². The highest BCUT2D eigenvalue weighted by atomic mass is 79.9. The van der Waals surface area contributed by atoms with E-state index < -0.39 is 6.04 Å². The largest absolute Gasteiger partial charge is 0.493 e. The van der Waals surface area contributed by atoms with Crippen LogP contribution >= 0.6 is 15.9 Å². The summed E-state index contributed by atoms with van der Waals surface area (Å²) >= 11 is 3.47. The minimum absolute atomic E-state index is 0.174. The molecule has 5 heteroatoms. The van der Waals surface area contributed by atoms with Crippen molar-refractivity contribution in [2.45, 2.75) is 25.4 Å². The average Bonchev–Trinajstić information content (AvgIpc) is 2.83. The van der Waals surface area contributed by atoms with Gasteiger partial charge in [-0.15, -0.1) is 6.58 Å². The number of rotatable bonds is 5. The number of benzene rings is 1. The van der Waals surface area contributed by atoms with E-state index in [0.29, 0.717) is 19.6 Å². The van der Waals surface area contributed by atoms with Crippen molar-refractivity contribution in [3.63, 3.8) is 0 Å². The summed E-state index contributed by atoms with van der Waals surface area (Å²) in [6, 6.07) is 3.47. The van der Waals surface area contributed by atoms with E-state index in [4.69, 9.17) is 10.5 Å². The molecule has 3 N–H and O–H groups in total. The van der Waals surface area contributed by atoms with Gasteiger partial charge in [-0.2, -0.15) is 0 Å².